The second kappa shape index (κ2) is 26.6. The van der Waals surface area contributed by atoms with E-state index >= 15 is 0 Å². The monoisotopic (exact) mass is 1030 g/mol. The molecule has 2 amide bonds. The maximum Gasteiger partial charge on any atom is 0.410 e. The van der Waals surface area contributed by atoms with Gasteiger partial charge in [-0.05, 0) is 143 Å². The molecule has 3 aliphatic rings. The standard InChI is InChI=1S/C20H27N5O2.C18H23N5O2.C15H19N5.3CH4/c1-5-24-16-8-6-7-9-17(16)25(18(24)22-14-21)15-10-12-23(13-11-15)19(26)27-20(2,3)4;1-18(2,3)25-17(24)22-10-8-13(9-11-22)23-15-7-5-4-6-14(15)21-16(23)20-12-19;1-2-19-13-5-3-4-6-14(13)20(15(19)18-11-16)12-7-9-17-10-8-12;;;/h6-9,15H,5,10-13H2,1-4H3;4-7,13H,8-11H2,1-3H3,(H,20,21);3-6,12,17H,2,7-10H2,1H3;3*1H4. The molecule has 19 nitrogen and oxygen atoms in total. The molecule has 9 rings (SSSR count). The van der Waals surface area contributed by atoms with Crippen LogP contribution >= 0.6 is 0 Å². The van der Waals surface area contributed by atoms with Crippen LogP contribution in [0.2, 0.25) is 0 Å². The third-order valence-corrected chi connectivity index (χ3v) is 13.1. The number of hydrogen-bond acceptors (Lipinski definition) is 12. The molecule has 0 spiro atoms. The summed E-state index contributed by atoms with van der Waals surface area (Å²) in [6, 6.07) is 25.1. The van der Waals surface area contributed by atoms with Crippen LogP contribution in [0.15, 0.2) is 82.8 Å². The first-order chi connectivity index (χ1) is 34.6. The van der Waals surface area contributed by atoms with Gasteiger partial charge in [0.25, 0.3) is 0 Å². The lowest BCUT2D eigenvalue weighted by molar-refractivity contribution is 0.0178. The number of nitrogens with zero attached hydrogens (tertiary/aromatic N) is 13. The third kappa shape index (κ3) is 14.0. The zero-order valence-corrected chi connectivity index (χ0v) is 43.0. The molecule has 0 radical (unpaired) electrons. The minimum atomic E-state index is -0.490. The van der Waals surface area contributed by atoms with Gasteiger partial charge in [0.15, 0.2) is 6.19 Å². The Hall–Kier alpha value is -7.56. The Labute approximate surface area is 443 Å². The number of amides is 2. The average molecular weight is 1030 g/mol. The van der Waals surface area contributed by atoms with Crippen molar-refractivity contribution >= 4 is 51.2 Å². The topological polar surface area (TPSA) is 217 Å². The van der Waals surface area contributed by atoms with E-state index in [1.54, 1.807) is 9.80 Å². The van der Waals surface area contributed by atoms with Crippen LogP contribution < -0.4 is 21.9 Å². The molecule has 0 aliphatic carbocycles. The highest BCUT2D eigenvalue weighted by atomic mass is 16.6. The second-order valence-corrected chi connectivity index (χ2v) is 20.1. The zero-order chi connectivity index (χ0) is 51.6. The summed E-state index contributed by atoms with van der Waals surface area (Å²) in [6.45, 7) is 21.5. The smallest absolute Gasteiger partial charge is 0.410 e. The number of nitrogens with one attached hydrogen (secondary N) is 2. The largest absolute Gasteiger partial charge is 0.444 e. The van der Waals surface area contributed by atoms with Gasteiger partial charge >= 0.3 is 12.2 Å². The molecule has 19 heteroatoms. The highest BCUT2D eigenvalue weighted by Gasteiger charge is 2.31. The maximum absolute atomic E-state index is 12.3. The molecule has 0 atom stereocenters. The highest BCUT2D eigenvalue weighted by molar-refractivity contribution is 5.79. The van der Waals surface area contributed by atoms with E-state index in [1.807, 2.05) is 103 Å². The van der Waals surface area contributed by atoms with Crippen LogP contribution in [-0.2, 0) is 22.6 Å². The minimum Gasteiger partial charge on any atom is -0.444 e. The number of para-hydroxylation sites is 6. The fourth-order valence-electron chi connectivity index (χ4n) is 10.0. The van der Waals surface area contributed by atoms with Gasteiger partial charge in [-0.1, -0.05) is 58.7 Å². The van der Waals surface area contributed by atoms with Gasteiger partial charge in [0.2, 0.25) is 29.6 Å². The van der Waals surface area contributed by atoms with Crippen molar-refractivity contribution in [2.45, 2.75) is 159 Å². The summed E-state index contributed by atoms with van der Waals surface area (Å²) in [5, 5.41) is 33.3. The Morgan fingerprint density at radius 2 is 0.973 bits per heavy atom. The van der Waals surface area contributed by atoms with Crippen LogP contribution in [-0.4, -0.2) is 100 Å². The summed E-state index contributed by atoms with van der Waals surface area (Å²) in [7, 11) is 0. The lowest BCUT2D eigenvalue weighted by Gasteiger charge is -2.34. The molecule has 75 heavy (non-hydrogen) atoms. The summed E-state index contributed by atoms with van der Waals surface area (Å²) in [6.07, 6.45) is 10.7. The molecular weight excluding hydrogens is 947 g/mol. The Morgan fingerprint density at radius 1 is 0.600 bits per heavy atom. The van der Waals surface area contributed by atoms with E-state index in [1.165, 1.54) is 5.52 Å². The van der Waals surface area contributed by atoms with Crippen LogP contribution in [0.25, 0.3) is 33.1 Å². The van der Waals surface area contributed by atoms with E-state index < -0.39 is 11.2 Å². The fourth-order valence-corrected chi connectivity index (χ4v) is 10.0. The molecule has 6 heterocycles. The molecule has 3 fully saturated rings. The van der Waals surface area contributed by atoms with Crippen molar-refractivity contribution < 1.29 is 19.1 Å². The van der Waals surface area contributed by atoms with Gasteiger partial charge in [0.05, 0.1) is 33.1 Å². The molecule has 2 N–H and O–H groups in total. The average Bonchev–Trinajstić information content (AvgIpc) is 4.00. The van der Waals surface area contributed by atoms with Crippen molar-refractivity contribution in [1.29, 1.82) is 15.8 Å². The van der Waals surface area contributed by atoms with E-state index in [2.05, 4.69) is 92.6 Å². The van der Waals surface area contributed by atoms with Gasteiger partial charge in [-0.3, -0.25) is 5.32 Å². The quantitative estimate of drug-likeness (QED) is 0.119. The van der Waals surface area contributed by atoms with Crippen LogP contribution in [0.5, 0.6) is 0 Å². The molecule has 3 aliphatic heterocycles. The van der Waals surface area contributed by atoms with E-state index in [4.69, 9.17) is 20.0 Å². The number of hydrogen-bond donors (Lipinski definition) is 2. The molecular formula is C56H81N15O4. The summed E-state index contributed by atoms with van der Waals surface area (Å²) >= 11 is 0. The predicted octanol–water partition coefficient (Wildman–Crippen LogP) is 10.6. The first-order valence-electron chi connectivity index (χ1n) is 25.1. The summed E-state index contributed by atoms with van der Waals surface area (Å²) in [5.74, 6) is 0.555. The Morgan fingerprint density at radius 3 is 1.36 bits per heavy atom. The van der Waals surface area contributed by atoms with Gasteiger partial charge in [-0.15, -0.1) is 9.98 Å². The van der Waals surface area contributed by atoms with Gasteiger partial charge < -0.3 is 47.4 Å². The van der Waals surface area contributed by atoms with Gasteiger partial charge in [0.1, 0.15) is 11.2 Å². The number of imidazole rings is 3. The number of ether oxygens (including phenoxy) is 2. The molecule has 404 valence electrons. The Kier molecular flexibility index (Phi) is 21.3. The van der Waals surface area contributed by atoms with Crippen molar-refractivity contribution in [1.82, 2.24) is 42.9 Å². The minimum absolute atomic E-state index is 0. The molecule has 0 bridgehead atoms. The van der Waals surface area contributed by atoms with Crippen LogP contribution in [0, 0.1) is 34.4 Å². The summed E-state index contributed by atoms with van der Waals surface area (Å²) in [4.78, 5) is 40.8. The number of anilines is 1. The Balaban J connectivity index is 0.000000241. The lowest BCUT2D eigenvalue weighted by atomic mass is 10.0. The zero-order valence-electron chi connectivity index (χ0n) is 43.0. The van der Waals surface area contributed by atoms with Crippen molar-refractivity contribution in [2.24, 2.45) is 9.98 Å². The van der Waals surface area contributed by atoms with Crippen LogP contribution in [0.1, 0.15) is 134 Å². The van der Waals surface area contributed by atoms with Gasteiger partial charge in [-0.25, -0.2) is 14.6 Å². The fraction of sp³-hybridized carbons (Fsp3) is 0.536. The van der Waals surface area contributed by atoms with E-state index in [9.17, 15) is 14.9 Å². The van der Waals surface area contributed by atoms with Crippen molar-refractivity contribution in [3.8, 4) is 18.6 Å². The number of piperidine rings is 3. The molecule has 3 aromatic carbocycles. The first-order valence-corrected chi connectivity index (χ1v) is 25.1. The number of aryl methyl sites for hydroxylation is 2. The number of rotatable bonds is 6. The second-order valence-electron chi connectivity index (χ2n) is 20.1. The van der Waals surface area contributed by atoms with Crippen molar-refractivity contribution in [3.63, 3.8) is 0 Å². The molecule has 0 unspecified atom stereocenters. The normalized spacial score (nSPS) is 15.9. The molecule has 3 aromatic heterocycles. The lowest BCUT2D eigenvalue weighted by Crippen LogP contribution is -2.43. The van der Waals surface area contributed by atoms with Gasteiger partial charge in [-0.2, -0.15) is 15.8 Å². The first kappa shape index (κ1) is 60.0. The number of fused-ring (bicyclic) bond motifs is 3. The Bertz CT molecular complexity index is 3120. The van der Waals surface area contributed by atoms with E-state index in [0.717, 1.165) is 97.9 Å². The number of carbonyl (C=O) groups excluding carboxylic acids is 2. The van der Waals surface area contributed by atoms with Gasteiger partial charge in [0, 0.05) is 57.4 Å². The SMILES string of the molecule is C.C.C.CC(C)(C)OC(=O)N1CCC(n2c(NC#N)nc3ccccc32)CC1.CCn1c(=NC#N)n(C2CCN(C(=O)OC(C)(C)C)CC2)c2ccccc21.CCn1c(=NC#N)n(C2CCNCC2)c2ccccc21. The van der Waals surface area contributed by atoms with Crippen molar-refractivity contribution in [3.05, 3.63) is 84.0 Å². The van der Waals surface area contributed by atoms with Crippen LogP contribution in [0.3, 0.4) is 0 Å². The predicted molar refractivity (Wildman–Crippen MR) is 296 cm³/mol. The number of nitriles is 3. The molecule has 6 aromatic rings. The van der Waals surface area contributed by atoms with E-state index in [0.29, 0.717) is 43.8 Å². The molecule has 0 saturated carbocycles. The summed E-state index contributed by atoms with van der Waals surface area (Å²) < 4.78 is 21.6. The number of carbonyl (C=O) groups is 2. The number of likely N-dealkylation sites (tertiary alicyclic amines) is 2. The summed E-state index contributed by atoms with van der Waals surface area (Å²) in [5.41, 5.74) is 6.81. The number of aromatic nitrogens is 6. The third-order valence-electron chi connectivity index (χ3n) is 13.1. The molecule has 3 saturated heterocycles. The van der Waals surface area contributed by atoms with Crippen molar-refractivity contribution in [2.75, 3.05) is 44.6 Å². The van der Waals surface area contributed by atoms with Crippen LogP contribution in [0.4, 0.5) is 15.5 Å². The van der Waals surface area contributed by atoms with E-state index in [-0.39, 0.29) is 46.6 Å². The number of benzene rings is 3. The highest BCUT2D eigenvalue weighted by Crippen LogP contribution is 2.32. The maximum atomic E-state index is 12.3.